The molecule has 0 aromatic heterocycles. The fourth-order valence-corrected chi connectivity index (χ4v) is 4.57. The Morgan fingerprint density at radius 1 is 0.957 bits per heavy atom. The lowest BCUT2D eigenvalue weighted by Gasteiger charge is -2.42. The van der Waals surface area contributed by atoms with Gasteiger partial charge >= 0.3 is 0 Å². The zero-order chi connectivity index (χ0) is 15.7. The minimum atomic E-state index is 0.171. The van der Waals surface area contributed by atoms with E-state index in [4.69, 9.17) is 0 Å². The van der Waals surface area contributed by atoms with Crippen molar-refractivity contribution in [1.29, 1.82) is 0 Å². The lowest BCUT2D eigenvalue weighted by Crippen LogP contribution is -2.47. The molecule has 1 aliphatic heterocycles. The Hall–Kier alpha value is -1.93. The van der Waals surface area contributed by atoms with Gasteiger partial charge in [0.05, 0.1) is 0 Å². The number of benzene rings is 2. The van der Waals surface area contributed by atoms with Crippen molar-refractivity contribution in [2.45, 2.75) is 43.7 Å². The third-order valence-electron chi connectivity index (χ3n) is 5.77. The molecular formula is C21H23NO. The van der Waals surface area contributed by atoms with Crippen molar-refractivity contribution in [3.8, 4) is 0 Å². The Balaban J connectivity index is 1.65. The topological polar surface area (TPSA) is 20.3 Å². The maximum absolute atomic E-state index is 12.2. The molecule has 1 unspecified atom stereocenters. The van der Waals surface area contributed by atoms with Gasteiger partial charge in [0.1, 0.15) is 5.78 Å². The van der Waals surface area contributed by atoms with Crippen LogP contribution < -0.4 is 0 Å². The summed E-state index contributed by atoms with van der Waals surface area (Å²) in [6.07, 6.45) is 3.62. The number of likely N-dealkylation sites (tertiary alicyclic amines) is 1. The zero-order valence-electron chi connectivity index (χ0n) is 13.4. The van der Waals surface area contributed by atoms with Gasteiger partial charge in [-0.25, -0.2) is 0 Å². The van der Waals surface area contributed by atoms with Gasteiger partial charge in [0.15, 0.2) is 0 Å². The summed E-state index contributed by atoms with van der Waals surface area (Å²) in [5, 5.41) is 0. The Morgan fingerprint density at radius 3 is 2.39 bits per heavy atom. The predicted octanol–water partition coefficient (Wildman–Crippen LogP) is 3.95. The number of hydrogen-bond acceptors (Lipinski definition) is 2. The van der Waals surface area contributed by atoms with Gasteiger partial charge in [-0.1, -0.05) is 60.7 Å². The van der Waals surface area contributed by atoms with E-state index >= 15 is 0 Å². The lowest BCUT2D eigenvalue weighted by molar-refractivity contribution is -0.123. The fourth-order valence-electron chi connectivity index (χ4n) is 4.57. The maximum atomic E-state index is 12.2. The molecule has 2 atom stereocenters. The summed E-state index contributed by atoms with van der Waals surface area (Å²) >= 11 is 0. The summed E-state index contributed by atoms with van der Waals surface area (Å²) in [5.41, 5.74) is 2.94. The minimum absolute atomic E-state index is 0.171. The van der Waals surface area contributed by atoms with E-state index in [1.54, 1.807) is 0 Å². The molecule has 0 radical (unpaired) electrons. The van der Waals surface area contributed by atoms with Crippen molar-refractivity contribution < 1.29 is 4.79 Å². The molecule has 1 saturated carbocycles. The van der Waals surface area contributed by atoms with E-state index in [-0.39, 0.29) is 5.41 Å². The number of carbonyl (C=O) groups is 1. The molecule has 0 N–H and O–H groups in total. The molecule has 2 aromatic rings. The maximum Gasteiger partial charge on any atom is 0.134 e. The van der Waals surface area contributed by atoms with E-state index in [2.05, 4.69) is 65.6 Å². The van der Waals surface area contributed by atoms with Gasteiger partial charge in [-0.3, -0.25) is 9.69 Å². The second kappa shape index (κ2) is 5.93. The van der Waals surface area contributed by atoms with Gasteiger partial charge in [0.25, 0.3) is 0 Å². The molecule has 0 spiro atoms. The summed E-state index contributed by atoms with van der Waals surface area (Å²) in [7, 11) is 0. The van der Waals surface area contributed by atoms with Crippen molar-refractivity contribution >= 4 is 5.78 Å². The molecule has 2 heteroatoms. The van der Waals surface area contributed by atoms with Crippen LogP contribution in [0, 0.1) is 0 Å². The molecule has 0 bridgehead atoms. The molecule has 4 rings (SSSR count). The van der Waals surface area contributed by atoms with Crippen LogP contribution in [0.1, 0.15) is 36.8 Å². The number of rotatable bonds is 3. The molecule has 1 aliphatic carbocycles. The van der Waals surface area contributed by atoms with Crippen molar-refractivity contribution in [3.63, 3.8) is 0 Å². The Kier molecular flexibility index (Phi) is 3.78. The molecular weight excluding hydrogens is 282 g/mol. The second-order valence-corrected chi connectivity index (χ2v) is 6.99. The highest BCUT2D eigenvalue weighted by Crippen LogP contribution is 2.48. The van der Waals surface area contributed by atoms with Crippen LogP contribution in [-0.2, 0) is 16.8 Å². The number of hydrogen-bond donors (Lipinski definition) is 0. The molecule has 2 aromatic carbocycles. The van der Waals surface area contributed by atoms with Crippen LogP contribution in [0.3, 0.4) is 0 Å². The largest absolute Gasteiger partial charge is 0.300 e. The average molecular weight is 305 g/mol. The molecule has 118 valence electrons. The van der Waals surface area contributed by atoms with Crippen LogP contribution in [0.4, 0.5) is 0 Å². The van der Waals surface area contributed by atoms with Crippen LogP contribution in [-0.4, -0.2) is 23.3 Å². The normalized spacial score (nSPS) is 27.8. The fraction of sp³-hybridized carbons (Fsp3) is 0.381. The van der Waals surface area contributed by atoms with Gasteiger partial charge in [-0.05, 0) is 30.5 Å². The highest BCUT2D eigenvalue weighted by molar-refractivity contribution is 5.81. The van der Waals surface area contributed by atoms with E-state index in [1.807, 2.05) is 0 Å². The van der Waals surface area contributed by atoms with Crippen LogP contribution in [0.15, 0.2) is 60.7 Å². The monoisotopic (exact) mass is 305 g/mol. The van der Waals surface area contributed by atoms with Crippen molar-refractivity contribution in [2.75, 3.05) is 6.54 Å². The van der Waals surface area contributed by atoms with Crippen LogP contribution >= 0.6 is 0 Å². The molecule has 1 heterocycles. The first-order chi connectivity index (χ1) is 11.3. The standard InChI is InChI=1S/C21H23NO/c23-19-11-12-21(18-9-5-2-6-10-18)13-14-22(20(21)15-19)16-17-7-3-1-4-8-17/h1-10,20H,11-16H2/t20?,21-/m0/s1. The number of ketones is 1. The Bertz CT molecular complexity index is 682. The van der Waals surface area contributed by atoms with Gasteiger partial charge in [0.2, 0.25) is 0 Å². The quantitative estimate of drug-likeness (QED) is 0.855. The smallest absolute Gasteiger partial charge is 0.134 e. The average Bonchev–Trinajstić information content (AvgIpc) is 2.96. The summed E-state index contributed by atoms with van der Waals surface area (Å²) < 4.78 is 0. The van der Waals surface area contributed by atoms with Crippen LogP contribution in [0.2, 0.25) is 0 Å². The number of Topliss-reactive ketones (excluding diaryl/α,β-unsaturated/α-hetero) is 1. The van der Waals surface area contributed by atoms with Crippen molar-refractivity contribution in [3.05, 3.63) is 71.8 Å². The van der Waals surface area contributed by atoms with Crippen LogP contribution in [0.25, 0.3) is 0 Å². The second-order valence-electron chi connectivity index (χ2n) is 6.99. The lowest BCUT2D eigenvalue weighted by atomic mass is 9.66. The molecule has 23 heavy (non-hydrogen) atoms. The molecule has 2 fully saturated rings. The minimum Gasteiger partial charge on any atom is -0.300 e. The number of nitrogens with zero attached hydrogens (tertiary/aromatic N) is 1. The predicted molar refractivity (Wildman–Crippen MR) is 92.2 cm³/mol. The van der Waals surface area contributed by atoms with Gasteiger partial charge in [-0.15, -0.1) is 0 Å². The highest BCUT2D eigenvalue weighted by Gasteiger charge is 2.50. The summed E-state index contributed by atoms with van der Waals surface area (Å²) in [5.74, 6) is 0.432. The Labute approximate surface area is 138 Å². The van der Waals surface area contributed by atoms with Gasteiger partial charge in [0, 0.05) is 30.8 Å². The first-order valence-corrected chi connectivity index (χ1v) is 8.63. The summed E-state index contributed by atoms with van der Waals surface area (Å²) in [4.78, 5) is 14.7. The molecule has 2 nitrogen and oxygen atoms in total. The third kappa shape index (κ3) is 2.61. The first-order valence-electron chi connectivity index (χ1n) is 8.63. The SMILES string of the molecule is O=C1CC[C@@]2(c3ccccc3)CCN(Cc3ccccc3)C2C1. The molecule has 2 aliphatic rings. The molecule has 1 saturated heterocycles. The van der Waals surface area contributed by atoms with E-state index in [0.29, 0.717) is 18.2 Å². The van der Waals surface area contributed by atoms with Crippen molar-refractivity contribution in [1.82, 2.24) is 4.90 Å². The zero-order valence-corrected chi connectivity index (χ0v) is 13.4. The van der Waals surface area contributed by atoms with E-state index in [1.165, 1.54) is 17.5 Å². The van der Waals surface area contributed by atoms with Crippen molar-refractivity contribution in [2.24, 2.45) is 0 Å². The number of fused-ring (bicyclic) bond motifs is 1. The molecule has 0 amide bonds. The van der Waals surface area contributed by atoms with E-state index < -0.39 is 0 Å². The van der Waals surface area contributed by atoms with E-state index in [0.717, 1.165) is 25.9 Å². The first kappa shape index (κ1) is 14.6. The van der Waals surface area contributed by atoms with Crippen LogP contribution in [0.5, 0.6) is 0 Å². The Morgan fingerprint density at radius 2 is 1.65 bits per heavy atom. The third-order valence-corrected chi connectivity index (χ3v) is 5.77. The van der Waals surface area contributed by atoms with Gasteiger partial charge < -0.3 is 0 Å². The number of carbonyl (C=O) groups excluding carboxylic acids is 1. The highest BCUT2D eigenvalue weighted by atomic mass is 16.1. The van der Waals surface area contributed by atoms with E-state index in [9.17, 15) is 4.79 Å². The van der Waals surface area contributed by atoms with Gasteiger partial charge in [-0.2, -0.15) is 0 Å². The summed E-state index contributed by atoms with van der Waals surface area (Å²) in [6.45, 7) is 2.04. The summed E-state index contributed by atoms with van der Waals surface area (Å²) in [6, 6.07) is 21.9.